The number of nitrogens with one attached hydrogen (secondary N) is 1. The summed E-state index contributed by atoms with van der Waals surface area (Å²) in [6.45, 7) is 1.70. The van der Waals surface area contributed by atoms with Crippen LogP contribution in [-0.4, -0.2) is 37.4 Å². The summed E-state index contributed by atoms with van der Waals surface area (Å²) in [7, 11) is -3.08. The quantitative estimate of drug-likeness (QED) is 0.669. The SMILES string of the molecule is CC(CS(C)(=O)=O)Nc1cc(C(N)=O)c(N)cn1. The smallest absolute Gasteiger partial charge is 0.250 e. The number of nitrogens with zero attached hydrogens (tertiary/aromatic N) is 1. The molecule has 1 aromatic heterocycles. The average Bonchev–Trinajstić information content (AvgIpc) is 2.17. The lowest BCUT2D eigenvalue weighted by Crippen LogP contribution is -2.26. The second-order valence-electron chi connectivity index (χ2n) is 4.16. The van der Waals surface area contributed by atoms with Crippen LogP contribution < -0.4 is 16.8 Å². The first-order chi connectivity index (χ1) is 8.19. The molecule has 0 aliphatic heterocycles. The first-order valence-corrected chi connectivity index (χ1v) is 7.24. The van der Waals surface area contributed by atoms with Gasteiger partial charge in [-0.2, -0.15) is 0 Å². The highest BCUT2D eigenvalue weighted by Gasteiger charge is 2.13. The highest BCUT2D eigenvalue weighted by atomic mass is 32.2. The van der Waals surface area contributed by atoms with E-state index in [0.29, 0.717) is 5.82 Å². The van der Waals surface area contributed by atoms with Crippen LogP contribution in [0.4, 0.5) is 11.5 Å². The fourth-order valence-electron chi connectivity index (χ4n) is 1.51. The molecule has 0 aliphatic carbocycles. The van der Waals surface area contributed by atoms with Gasteiger partial charge in [-0.1, -0.05) is 0 Å². The minimum Gasteiger partial charge on any atom is -0.397 e. The number of nitrogen functional groups attached to an aromatic ring is 1. The lowest BCUT2D eigenvalue weighted by Gasteiger charge is -2.14. The van der Waals surface area contributed by atoms with Crippen LogP contribution in [0, 0.1) is 0 Å². The van der Waals surface area contributed by atoms with Crippen LogP contribution in [0.15, 0.2) is 12.3 Å². The number of amides is 1. The molecule has 5 N–H and O–H groups in total. The third-order valence-electron chi connectivity index (χ3n) is 2.15. The second-order valence-corrected chi connectivity index (χ2v) is 6.34. The summed E-state index contributed by atoms with van der Waals surface area (Å²) in [5, 5.41) is 2.87. The summed E-state index contributed by atoms with van der Waals surface area (Å²) in [5.41, 5.74) is 11.0. The lowest BCUT2D eigenvalue weighted by molar-refractivity contribution is 0.100. The van der Waals surface area contributed by atoms with E-state index in [0.717, 1.165) is 6.26 Å². The highest BCUT2D eigenvalue weighted by molar-refractivity contribution is 7.90. The number of rotatable bonds is 5. The van der Waals surface area contributed by atoms with Crippen LogP contribution in [0.1, 0.15) is 17.3 Å². The van der Waals surface area contributed by atoms with E-state index in [2.05, 4.69) is 10.3 Å². The zero-order chi connectivity index (χ0) is 13.9. The van der Waals surface area contributed by atoms with Crippen molar-refractivity contribution in [1.29, 1.82) is 0 Å². The van der Waals surface area contributed by atoms with Gasteiger partial charge in [-0.05, 0) is 13.0 Å². The molecule has 1 aromatic rings. The van der Waals surface area contributed by atoms with E-state index >= 15 is 0 Å². The van der Waals surface area contributed by atoms with E-state index < -0.39 is 15.7 Å². The lowest BCUT2D eigenvalue weighted by atomic mass is 10.2. The number of anilines is 2. The third-order valence-corrected chi connectivity index (χ3v) is 3.25. The van der Waals surface area contributed by atoms with Crippen molar-refractivity contribution in [1.82, 2.24) is 4.98 Å². The number of sulfone groups is 1. The first-order valence-electron chi connectivity index (χ1n) is 5.18. The number of pyridine rings is 1. The molecule has 1 rings (SSSR count). The fraction of sp³-hybridized carbons (Fsp3) is 0.400. The number of carbonyl (C=O) groups excluding carboxylic acids is 1. The van der Waals surface area contributed by atoms with Crippen LogP contribution in [0.5, 0.6) is 0 Å². The molecular weight excluding hydrogens is 256 g/mol. The molecule has 1 unspecified atom stereocenters. The number of aromatic nitrogens is 1. The summed E-state index contributed by atoms with van der Waals surface area (Å²) in [6.07, 6.45) is 2.45. The molecule has 0 bridgehead atoms. The van der Waals surface area contributed by atoms with Crippen LogP contribution in [0.25, 0.3) is 0 Å². The van der Waals surface area contributed by atoms with Gasteiger partial charge in [0, 0.05) is 12.3 Å². The minimum atomic E-state index is -3.08. The maximum absolute atomic E-state index is 11.1. The molecule has 1 amide bonds. The van der Waals surface area contributed by atoms with Gasteiger partial charge >= 0.3 is 0 Å². The van der Waals surface area contributed by atoms with Gasteiger partial charge < -0.3 is 16.8 Å². The van der Waals surface area contributed by atoms with Crippen molar-refractivity contribution in [2.45, 2.75) is 13.0 Å². The van der Waals surface area contributed by atoms with Gasteiger partial charge in [0.05, 0.1) is 23.2 Å². The zero-order valence-electron chi connectivity index (χ0n) is 10.2. The molecule has 0 saturated carbocycles. The Kier molecular flexibility index (Phi) is 4.12. The van der Waals surface area contributed by atoms with E-state index in [9.17, 15) is 13.2 Å². The largest absolute Gasteiger partial charge is 0.397 e. The summed E-state index contributed by atoms with van der Waals surface area (Å²) in [4.78, 5) is 15.0. The number of carbonyl (C=O) groups is 1. The van der Waals surface area contributed by atoms with Crippen molar-refractivity contribution >= 4 is 27.2 Å². The minimum absolute atomic E-state index is 0.0367. The Balaban J connectivity index is 2.86. The number of primary amides is 1. The van der Waals surface area contributed by atoms with Crippen molar-refractivity contribution in [3.63, 3.8) is 0 Å². The van der Waals surface area contributed by atoms with E-state index in [1.54, 1.807) is 6.92 Å². The Morgan fingerprint density at radius 3 is 2.67 bits per heavy atom. The normalized spacial score (nSPS) is 13.0. The van der Waals surface area contributed by atoms with Gasteiger partial charge in [-0.15, -0.1) is 0 Å². The molecule has 0 saturated heterocycles. The molecular formula is C10H16N4O3S. The van der Waals surface area contributed by atoms with Crippen molar-refractivity contribution in [2.24, 2.45) is 5.73 Å². The highest BCUT2D eigenvalue weighted by Crippen LogP contribution is 2.15. The Labute approximate surface area is 105 Å². The van der Waals surface area contributed by atoms with Crippen LogP contribution in [0.3, 0.4) is 0 Å². The van der Waals surface area contributed by atoms with Crippen LogP contribution in [-0.2, 0) is 9.84 Å². The van der Waals surface area contributed by atoms with Crippen molar-refractivity contribution in [3.05, 3.63) is 17.8 Å². The molecule has 8 heteroatoms. The molecule has 100 valence electrons. The van der Waals surface area contributed by atoms with E-state index in [1.807, 2.05) is 0 Å². The van der Waals surface area contributed by atoms with E-state index in [-0.39, 0.29) is 23.0 Å². The maximum atomic E-state index is 11.1. The zero-order valence-corrected chi connectivity index (χ0v) is 11.0. The van der Waals surface area contributed by atoms with Gasteiger partial charge in [0.2, 0.25) is 0 Å². The summed E-state index contributed by atoms with van der Waals surface area (Å²) in [6, 6.07) is 1.06. The third kappa shape index (κ3) is 4.21. The molecule has 18 heavy (non-hydrogen) atoms. The molecule has 0 aliphatic rings. The molecule has 0 spiro atoms. The Morgan fingerprint density at radius 1 is 1.56 bits per heavy atom. The summed E-state index contributed by atoms with van der Waals surface area (Å²) in [5.74, 6) is -0.340. The molecule has 1 heterocycles. The number of hydrogen-bond donors (Lipinski definition) is 3. The standard InChI is InChI=1S/C10H16N4O3S/c1-6(5-18(2,16)17)14-9-3-7(10(12)15)8(11)4-13-9/h3-4,6H,5,11H2,1-2H3,(H2,12,15)(H,13,14). The fourth-order valence-corrected chi connectivity index (χ4v) is 2.50. The van der Waals surface area contributed by atoms with Crippen molar-refractivity contribution in [3.8, 4) is 0 Å². The molecule has 7 nitrogen and oxygen atoms in total. The monoisotopic (exact) mass is 272 g/mol. The van der Waals surface area contributed by atoms with E-state index in [1.165, 1.54) is 12.3 Å². The predicted molar refractivity (Wildman–Crippen MR) is 70.0 cm³/mol. The Hall–Kier alpha value is -1.83. The van der Waals surface area contributed by atoms with Crippen molar-refractivity contribution < 1.29 is 13.2 Å². The number of hydrogen-bond acceptors (Lipinski definition) is 6. The first kappa shape index (κ1) is 14.2. The average molecular weight is 272 g/mol. The van der Waals surface area contributed by atoms with E-state index in [4.69, 9.17) is 11.5 Å². The second kappa shape index (κ2) is 5.21. The Morgan fingerprint density at radius 2 is 2.17 bits per heavy atom. The molecule has 0 fully saturated rings. The van der Waals surface area contributed by atoms with Gasteiger partial charge in [0.15, 0.2) is 0 Å². The van der Waals surface area contributed by atoms with Gasteiger partial charge in [-0.3, -0.25) is 4.79 Å². The number of nitrogens with two attached hydrogens (primary N) is 2. The molecule has 0 aromatic carbocycles. The molecule has 0 radical (unpaired) electrons. The van der Waals surface area contributed by atoms with Crippen LogP contribution in [0.2, 0.25) is 0 Å². The predicted octanol–water partition coefficient (Wildman–Crippen LogP) is -0.392. The Bertz CT molecular complexity index is 556. The van der Waals surface area contributed by atoms with Gasteiger partial charge in [0.25, 0.3) is 5.91 Å². The summed E-state index contributed by atoms with van der Waals surface area (Å²) < 4.78 is 22.2. The van der Waals surface area contributed by atoms with Gasteiger partial charge in [0.1, 0.15) is 15.7 Å². The summed E-state index contributed by atoms with van der Waals surface area (Å²) >= 11 is 0. The molecule has 1 atom stereocenters. The maximum Gasteiger partial charge on any atom is 0.250 e. The van der Waals surface area contributed by atoms with Gasteiger partial charge in [-0.25, -0.2) is 13.4 Å². The van der Waals surface area contributed by atoms with Crippen LogP contribution >= 0.6 is 0 Å². The van der Waals surface area contributed by atoms with Crippen molar-refractivity contribution in [2.75, 3.05) is 23.1 Å². The topological polar surface area (TPSA) is 128 Å².